The van der Waals surface area contributed by atoms with Gasteiger partial charge in [0.1, 0.15) is 11.5 Å². The predicted octanol–water partition coefficient (Wildman–Crippen LogP) is 8.16. The van der Waals surface area contributed by atoms with Crippen LogP contribution in [0.5, 0.6) is 11.5 Å². The fourth-order valence-corrected chi connectivity index (χ4v) is 3.58. The molecule has 2 aromatic carbocycles. The number of carbonyl (C=O) groups is 1. The Kier molecular flexibility index (Phi) is 12.5. The van der Waals surface area contributed by atoms with Gasteiger partial charge in [-0.2, -0.15) is 0 Å². The van der Waals surface area contributed by atoms with E-state index >= 15 is 0 Å². The average molecular weight is 425 g/mol. The van der Waals surface area contributed by atoms with Gasteiger partial charge < -0.3 is 9.47 Å². The summed E-state index contributed by atoms with van der Waals surface area (Å²) in [7, 11) is 0. The molecule has 0 bridgehead atoms. The molecule has 3 heteroatoms. The monoisotopic (exact) mass is 424 g/mol. The molecule has 0 radical (unpaired) electrons. The summed E-state index contributed by atoms with van der Waals surface area (Å²) in [5.74, 6) is 1.05. The summed E-state index contributed by atoms with van der Waals surface area (Å²) in [5.41, 5.74) is 1.83. The Balaban J connectivity index is 1.69. The van der Waals surface area contributed by atoms with Gasteiger partial charge in [-0.1, -0.05) is 83.8 Å². The molecule has 0 aliphatic carbocycles. The van der Waals surface area contributed by atoms with E-state index in [1.807, 2.05) is 24.3 Å². The van der Waals surface area contributed by atoms with Crippen LogP contribution in [0, 0.1) is 0 Å². The van der Waals surface area contributed by atoms with Crippen LogP contribution in [0.15, 0.2) is 48.5 Å². The third kappa shape index (κ3) is 10.5. The van der Waals surface area contributed by atoms with Crippen molar-refractivity contribution in [3.63, 3.8) is 0 Å². The lowest BCUT2D eigenvalue weighted by Gasteiger charge is -2.08. The number of aryl methyl sites for hydroxylation is 1. The first-order valence-corrected chi connectivity index (χ1v) is 12.3. The van der Waals surface area contributed by atoms with Gasteiger partial charge in [0, 0.05) is 0 Å². The maximum Gasteiger partial charge on any atom is 0.343 e. The van der Waals surface area contributed by atoms with Crippen LogP contribution >= 0.6 is 0 Å². The highest BCUT2D eigenvalue weighted by molar-refractivity contribution is 5.91. The number of ether oxygens (including phenoxy) is 2. The normalized spacial score (nSPS) is 10.8. The van der Waals surface area contributed by atoms with Crippen LogP contribution < -0.4 is 9.47 Å². The van der Waals surface area contributed by atoms with E-state index in [9.17, 15) is 4.79 Å². The Bertz CT molecular complexity index is 719. The molecular formula is C28H40O3. The lowest BCUT2D eigenvalue weighted by atomic mass is 10.0. The van der Waals surface area contributed by atoms with E-state index in [-0.39, 0.29) is 5.97 Å². The van der Waals surface area contributed by atoms with Crippen molar-refractivity contribution in [2.45, 2.75) is 90.9 Å². The summed E-state index contributed by atoms with van der Waals surface area (Å²) in [6, 6.07) is 15.1. The van der Waals surface area contributed by atoms with Crippen molar-refractivity contribution in [3.8, 4) is 11.5 Å². The molecule has 170 valence electrons. The molecule has 0 N–H and O–H groups in total. The van der Waals surface area contributed by atoms with Gasteiger partial charge in [0.05, 0.1) is 12.2 Å². The standard InChI is InChI=1S/C28H40O3/c1-3-5-7-9-10-12-14-24-15-19-27(20-16-24)31-28(29)25-17-21-26(22-18-25)30-23-13-11-8-6-4-2/h15-22H,3-14,23H2,1-2H3. The van der Waals surface area contributed by atoms with Crippen LogP contribution in [-0.2, 0) is 6.42 Å². The Labute approximate surface area is 189 Å². The second-order valence-electron chi connectivity index (χ2n) is 8.34. The topological polar surface area (TPSA) is 35.5 Å². The van der Waals surface area contributed by atoms with Gasteiger partial charge in [0.15, 0.2) is 0 Å². The summed E-state index contributed by atoms with van der Waals surface area (Å²) >= 11 is 0. The predicted molar refractivity (Wildman–Crippen MR) is 129 cm³/mol. The van der Waals surface area contributed by atoms with Crippen molar-refractivity contribution in [2.75, 3.05) is 6.61 Å². The Morgan fingerprint density at radius 2 is 1.19 bits per heavy atom. The number of hydrogen-bond acceptors (Lipinski definition) is 3. The lowest BCUT2D eigenvalue weighted by Crippen LogP contribution is -2.08. The van der Waals surface area contributed by atoms with E-state index in [0.717, 1.165) is 25.2 Å². The fraction of sp³-hybridized carbons (Fsp3) is 0.536. The molecule has 3 nitrogen and oxygen atoms in total. The summed E-state index contributed by atoms with van der Waals surface area (Å²) < 4.78 is 11.3. The molecule has 31 heavy (non-hydrogen) atoms. The van der Waals surface area contributed by atoms with Crippen LogP contribution in [0.25, 0.3) is 0 Å². The van der Waals surface area contributed by atoms with E-state index < -0.39 is 0 Å². The van der Waals surface area contributed by atoms with E-state index in [1.54, 1.807) is 12.1 Å². The largest absolute Gasteiger partial charge is 0.494 e. The molecule has 0 saturated carbocycles. The van der Waals surface area contributed by atoms with Crippen LogP contribution in [0.4, 0.5) is 0 Å². The van der Waals surface area contributed by atoms with E-state index in [4.69, 9.17) is 9.47 Å². The molecule has 0 atom stereocenters. The van der Waals surface area contributed by atoms with Gasteiger partial charge in [0.2, 0.25) is 0 Å². The van der Waals surface area contributed by atoms with Crippen molar-refractivity contribution < 1.29 is 14.3 Å². The summed E-state index contributed by atoms with van der Waals surface area (Å²) in [6.45, 7) is 5.18. The molecule has 0 spiro atoms. The molecule has 2 rings (SSSR count). The quantitative estimate of drug-likeness (QED) is 0.155. The van der Waals surface area contributed by atoms with Crippen molar-refractivity contribution >= 4 is 5.97 Å². The Morgan fingerprint density at radius 1 is 0.645 bits per heavy atom. The zero-order valence-electron chi connectivity index (χ0n) is 19.5. The zero-order chi connectivity index (χ0) is 22.2. The number of unbranched alkanes of at least 4 members (excludes halogenated alkanes) is 9. The minimum absolute atomic E-state index is 0.338. The Hall–Kier alpha value is -2.29. The fourth-order valence-electron chi connectivity index (χ4n) is 3.58. The molecular weight excluding hydrogens is 384 g/mol. The highest BCUT2D eigenvalue weighted by Crippen LogP contribution is 2.18. The lowest BCUT2D eigenvalue weighted by molar-refractivity contribution is 0.0734. The number of benzene rings is 2. The molecule has 0 amide bonds. The maximum absolute atomic E-state index is 12.4. The highest BCUT2D eigenvalue weighted by Gasteiger charge is 2.09. The van der Waals surface area contributed by atoms with Crippen molar-refractivity contribution in [3.05, 3.63) is 59.7 Å². The molecule has 0 saturated heterocycles. The highest BCUT2D eigenvalue weighted by atomic mass is 16.5. The minimum atomic E-state index is -0.338. The number of rotatable bonds is 16. The third-order valence-corrected chi connectivity index (χ3v) is 5.56. The van der Waals surface area contributed by atoms with Crippen LogP contribution in [0.2, 0.25) is 0 Å². The molecule has 0 heterocycles. The van der Waals surface area contributed by atoms with Gasteiger partial charge in [-0.05, 0) is 61.2 Å². The van der Waals surface area contributed by atoms with Crippen LogP contribution in [-0.4, -0.2) is 12.6 Å². The van der Waals surface area contributed by atoms with Gasteiger partial charge in [0.25, 0.3) is 0 Å². The second kappa shape index (κ2) is 15.5. The average Bonchev–Trinajstić information content (AvgIpc) is 2.80. The second-order valence-corrected chi connectivity index (χ2v) is 8.34. The number of esters is 1. The minimum Gasteiger partial charge on any atom is -0.494 e. The smallest absolute Gasteiger partial charge is 0.343 e. The summed E-state index contributed by atoms with van der Waals surface area (Å²) in [5, 5.41) is 0. The molecule has 0 aliphatic rings. The van der Waals surface area contributed by atoms with Crippen LogP contribution in [0.3, 0.4) is 0 Å². The maximum atomic E-state index is 12.4. The number of hydrogen-bond donors (Lipinski definition) is 0. The van der Waals surface area contributed by atoms with Crippen LogP contribution in [0.1, 0.15) is 100 Å². The van der Waals surface area contributed by atoms with Gasteiger partial charge in [-0.3, -0.25) is 0 Å². The molecule has 0 fully saturated rings. The first-order valence-electron chi connectivity index (χ1n) is 12.3. The van der Waals surface area contributed by atoms with Gasteiger partial charge in [-0.15, -0.1) is 0 Å². The summed E-state index contributed by atoms with van der Waals surface area (Å²) in [6.07, 6.45) is 15.0. The molecule has 0 unspecified atom stereocenters. The molecule has 2 aromatic rings. The van der Waals surface area contributed by atoms with E-state index in [1.165, 1.54) is 69.8 Å². The molecule has 0 aromatic heterocycles. The Morgan fingerprint density at radius 3 is 1.84 bits per heavy atom. The van der Waals surface area contributed by atoms with Gasteiger partial charge in [-0.25, -0.2) is 4.79 Å². The van der Waals surface area contributed by atoms with E-state index in [2.05, 4.69) is 26.0 Å². The number of carbonyl (C=O) groups excluding carboxylic acids is 1. The van der Waals surface area contributed by atoms with Crippen molar-refractivity contribution in [2.24, 2.45) is 0 Å². The zero-order valence-corrected chi connectivity index (χ0v) is 19.5. The first kappa shape index (κ1) is 25.0. The first-order chi connectivity index (χ1) is 15.2. The molecule has 0 aliphatic heterocycles. The van der Waals surface area contributed by atoms with Crippen molar-refractivity contribution in [1.82, 2.24) is 0 Å². The summed E-state index contributed by atoms with van der Waals surface area (Å²) in [4.78, 5) is 12.4. The third-order valence-electron chi connectivity index (χ3n) is 5.56. The van der Waals surface area contributed by atoms with E-state index in [0.29, 0.717) is 11.3 Å². The van der Waals surface area contributed by atoms with Crippen molar-refractivity contribution in [1.29, 1.82) is 0 Å². The SMILES string of the molecule is CCCCCCCCc1ccc(OC(=O)c2ccc(OCCCCCCC)cc2)cc1. The van der Waals surface area contributed by atoms with Gasteiger partial charge >= 0.3 is 5.97 Å².